The van der Waals surface area contributed by atoms with E-state index in [1.807, 2.05) is 32.0 Å². The van der Waals surface area contributed by atoms with Gasteiger partial charge in [-0.1, -0.05) is 44.2 Å². The molecule has 0 saturated heterocycles. The number of alkyl carbamates (subject to hydrolysis) is 1. The first-order valence-electron chi connectivity index (χ1n) is 9.73. The van der Waals surface area contributed by atoms with Crippen LogP contribution in [0.2, 0.25) is 0 Å². The van der Waals surface area contributed by atoms with Crippen LogP contribution in [0, 0.1) is 5.92 Å². The molecule has 0 aromatic heterocycles. The molecule has 5 N–H and O–H groups in total. The van der Waals surface area contributed by atoms with E-state index < -0.39 is 31.8 Å². The van der Waals surface area contributed by atoms with Crippen LogP contribution in [0.5, 0.6) is 0 Å². The second-order valence-electron chi connectivity index (χ2n) is 7.17. The third-order valence-corrected chi connectivity index (χ3v) is 5.23. The first kappa shape index (κ1) is 28.7. The zero-order valence-electron chi connectivity index (χ0n) is 18.1. The minimum atomic E-state index is -4.25. The molecule has 1 aromatic carbocycles. The Morgan fingerprint density at radius 2 is 1.83 bits per heavy atom. The van der Waals surface area contributed by atoms with Crippen LogP contribution in [0.25, 0.3) is 0 Å². The first-order chi connectivity index (χ1) is 13.7. The maximum atomic E-state index is 12.3. The van der Waals surface area contributed by atoms with Crippen LogP contribution in [0.3, 0.4) is 0 Å². The molecule has 0 aliphatic rings. The van der Waals surface area contributed by atoms with Crippen LogP contribution >= 0.6 is 7.52 Å². The van der Waals surface area contributed by atoms with Gasteiger partial charge in [0.2, 0.25) is 5.91 Å². The van der Waals surface area contributed by atoms with E-state index >= 15 is 0 Å². The van der Waals surface area contributed by atoms with Gasteiger partial charge in [0.25, 0.3) is 0 Å². The zero-order chi connectivity index (χ0) is 21.7. The largest absolute Gasteiger partial charge is 1.00 e. The summed E-state index contributed by atoms with van der Waals surface area (Å²) in [7, 11) is -4.25. The Kier molecular flexibility index (Phi) is 14.8. The molecular weight excluding hydrogens is 402 g/mol. The van der Waals surface area contributed by atoms with Gasteiger partial charge in [-0.15, -0.1) is 0 Å². The van der Waals surface area contributed by atoms with Gasteiger partial charge in [-0.3, -0.25) is 9.88 Å². The van der Waals surface area contributed by atoms with Gasteiger partial charge < -0.3 is 30.6 Å². The molecule has 0 spiro atoms. The molecule has 2 atom stereocenters. The van der Waals surface area contributed by atoms with Crippen LogP contribution in [0.15, 0.2) is 30.3 Å². The molecule has 1 aromatic rings. The van der Waals surface area contributed by atoms with Crippen molar-refractivity contribution in [3.8, 4) is 0 Å². The third kappa shape index (κ3) is 13.1. The van der Waals surface area contributed by atoms with Crippen molar-refractivity contribution in [2.24, 2.45) is 11.7 Å². The van der Waals surface area contributed by atoms with Gasteiger partial charge in [0, 0.05) is 6.54 Å². The Hall–Kier alpha value is -1.33. The maximum absolute atomic E-state index is 12.3. The van der Waals surface area contributed by atoms with E-state index in [1.54, 1.807) is 12.1 Å². The second-order valence-corrected chi connectivity index (χ2v) is 9.09. The van der Waals surface area contributed by atoms with Gasteiger partial charge in [0.15, 0.2) is 0 Å². The second kappa shape index (κ2) is 15.5. The first-order valence-corrected chi connectivity index (χ1v) is 11.5. The summed E-state index contributed by atoms with van der Waals surface area (Å²) in [4.78, 5) is 36.4. The normalized spacial score (nSPS) is 13.6. The van der Waals surface area contributed by atoms with Gasteiger partial charge in [-0.05, 0) is 37.3 Å². The number of hydrogen-bond donors (Lipinski definition) is 4. The summed E-state index contributed by atoms with van der Waals surface area (Å²) in [6.45, 7) is 4.78. The van der Waals surface area contributed by atoms with Crippen molar-refractivity contribution in [3.63, 3.8) is 0 Å². The third-order valence-electron chi connectivity index (χ3n) is 3.95. The summed E-state index contributed by atoms with van der Waals surface area (Å²) in [5.74, 6) is -0.287. The number of rotatable bonds is 13. The van der Waals surface area contributed by atoms with Gasteiger partial charge in [0.05, 0.1) is 19.8 Å². The Morgan fingerprint density at radius 3 is 2.43 bits per heavy atom. The zero-order valence-corrected chi connectivity index (χ0v) is 19.0. The molecule has 0 saturated carbocycles. The summed E-state index contributed by atoms with van der Waals surface area (Å²) in [6.07, 6.45) is 0.333. The number of ether oxygens (including phenoxy) is 1. The molecule has 1 unspecified atom stereocenters. The standard InChI is InChI=1S/C19H33N4O5P.Li/c1-15(2)12-17(18(24)21-11-7-6-10-20)23-29(26,27)14-22-19(25)28-13-16-8-4-3-5-9-16;/h3-5,8-9,15,17H,6-7,10-14,20H2,1-2H3,(H,21,24)(H,22,25)(H2,23,26,27);/q;+1/p-1/t17-;/m0./s1. The molecule has 9 nitrogen and oxygen atoms in total. The fourth-order valence-electron chi connectivity index (χ4n) is 2.52. The van der Waals surface area contributed by atoms with Crippen LogP contribution in [0.1, 0.15) is 38.7 Å². The van der Waals surface area contributed by atoms with Crippen molar-refractivity contribution in [2.75, 3.05) is 19.4 Å². The van der Waals surface area contributed by atoms with Gasteiger partial charge >= 0.3 is 25.0 Å². The summed E-state index contributed by atoms with van der Waals surface area (Å²) >= 11 is 0. The fourth-order valence-corrected chi connectivity index (χ4v) is 3.65. The molecular formula is C19H32LiN4O5P. The Morgan fingerprint density at radius 1 is 1.17 bits per heavy atom. The van der Waals surface area contributed by atoms with Crippen molar-refractivity contribution in [1.82, 2.24) is 15.7 Å². The average Bonchev–Trinajstić information content (AvgIpc) is 2.68. The van der Waals surface area contributed by atoms with E-state index in [9.17, 15) is 19.0 Å². The van der Waals surface area contributed by atoms with Crippen molar-refractivity contribution in [3.05, 3.63) is 35.9 Å². The minimum Gasteiger partial charge on any atom is -0.787 e. The van der Waals surface area contributed by atoms with Gasteiger partial charge in [0.1, 0.15) is 6.61 Å². The summed E-state index contributed by atoms with van der Waals surface area (Å²) in [6, 6.07) is 8.12. The number of benzene rings is 1. The van der Waals surface area contributed by atoms with E-state index in [0.717, 1.165) is 18.4 Å². The van der Waals surface area contributed by atoms with Crippen molar-refractivity contribution in [2.45, 2.75) is 45.8 Å². The Bertz CT molecular complexity index is 678. The van der Waals surface area contributed by atoms with E-state index in [1.165, 1.54) is 0 Å². The molecule has 164 valence electrons. The van der Waals surface area contributed by atoms with Crippen LogP contribution in [-0.2, 0) is 20.7 Å². The van der Waals surface area contributed by atoms with Crippen LogP contribution in [-0.4, -0.2) is 37.4 Å². The van der Waals surface area contributed by atoms with Crippen molar-refractivity contribution < 1.29 is 42.6 Å². The molecule has 1 rings (SSSR count). The molecule has 0 aliphatic heterocycles. The topological polar surface area (TPSA) is 146 Å². The number of unbranched alkanes of at least 4 members (excludes halogenated alkanes) is 1. The van der Waals surface area contributed by atoms with E-state index in [4.69, 9.17) is 10.5 Å². The molecule has 11 heteroatoms. The number of amides is 2. The maximum Gasteiger partial charge on any atom is 1.00 e. The molecule has 0 heterocycles. The molecule has 0 radical (unpaired) electrons. The molecule has 0 aliphatic carbocycles. The monoisotopic (exact) mass is 434 g/mol. The number of nitrogens with two attached hydrogens (primary N) is 1. The minimum absolute atomic E-state index is 0. The summed E-state index contributed by atoms with van der Waals surface area (Å²) in [5, 5.41) is 7.31. The Labute approximate surface area is 190 Å². The smallest absolute Gasteiger partial charge is 0.787 e. The molecule has 30 heavy (non-hydrogen) atoms. The van der Waals surface area contributed by atoms with Crippen LogP contribution in [0.4, 0.5) is 4.79 Å². The molecule has 0 bridgehead atoms. The molecule has 0 fully saturated rings. The SMILES string of the molecule is CC(C)C[C@H](NP(=O)([O-])CNC(=O)OCc1ccccc1)C(=O)NCCCCN.[Li+]. The van der Waals surface area contributed by atoms with Crippen molar-refractivity contribution >= 4 is 19.5 Å². The molecule has 2 amide bonds. The summed E-state index contributed by atoms with van der Waals surface area (Å²) < 4.78 is 17.3. The number of nitrogens with one attached hydrogen (secondary N) is 3. The number of carbonyl (C=O) groups excluding carboxylic acids is 2. The van der Waals surface area contributed by atoms with Crippen LogP contribution < -0.4 is 45.2 Å². The van der Waals surface area contributed by atoms with E-state index in [-0.39, 0.29) is 31.4 Å². The Balaban J connectivity index is 0.00000841. The van der Waals surface area contributed by atoms with Gasteiger partial charge in [-0.2, -0.15) is 0 Å². The van der Waals surface area contributed by atoms with Gasteiger partial charge in [-0.25, -0.2) is 4.79 Å². The average molecular weight is 434 g/mol. The predicted octanol–water partition coefficient (Wildman–Crippen LogP) is -1.71. The fraction of sp³-hybridized carbons (Fsp3) is 0.579. The number of carbonyl (C=O) groups is 2. The quantitative estimate of drug-likeness (QED) is 0.164. The predicted molar refractivity (Wildman–Crippen MR) is 110 cm³/mol. The summed E-state index contributed by atoms with van der Waals surface area (Å²) in [5.41, 5.74) is 6.21. The van der Waals surface area contributed by atoms with Crippen molar-refractivity contribution in [1.29, 1.82) is 0 Å². The number of hydrogen-bond acceptors (Lipinski definition) is 6. The van der Waals surface area contributed by atoms with E-state index in [2.05, 4.69) is 15.7 Å². The van der Waals surface area contributed by atoms with E-state index in [0.29, 0.717) is 19.5 Å².